The molecule has 0 saturated heterocycles. The van der Waals surface area contributed by atoms with Crippen molar-refractivity contribution in [2.24, 2.45) is 0 Å². The number of likely N-dealkylation sites (N-methyl/N-ethyl adjacent to an activating group) is 2. The van der Waals surface area contributed by atoms with E-state index in [1.54, 1.807) is 0 Å². The van der Waals surface area contributed by atoms with Gasteiger partial charge in [-0.15, -0.1) is 0 Å². The Morgan fingerprint density at radius 2 is 1.88 bits per heavy atom. The quantitative estimate of drug-likeness (QED) is 0.755. The molecule has 0 spiro atoms. The Kier molecular flexibility index (Phi) is 5.46. The van der Waals surface area contributed by atoms with Crippen LogP contribution < -0.4 is 5.32 Å². The molecule has 0 amide bonds. The number of benzene rings is 1. The normalized spacial score (nSPS) is 13.1. The third-order valence-electron chi connectivity index (χ3n) is 2.61. The fourth-order valence-electron chi connectivity index (χ4n) is 1.57. The van der Waals surface area contributed by atoms with Gasteiger partial charge in [-0.2, -0.15) is 0 Å². The fraction of sp³-hybridized carbons (Fsp3) is 0.538. The molecular weight excluding hydrogens is 200 g/mol. The molecule has 0 aromatic heterocycles. The van der Waals surface area contributed by atoms with E-state index in [2.05, 4.69) is 36.4 Å². The molecule has 0 aliphatic heterocycles. The van der Waals surface area contributed by atoms with Gasteiger partial charge in [0.15, 0.2) is 0 Å². The zero-order chi connectivity index (χ0) is 12.0. The minimum absolute atomic E-state index is 0.409. The number of aliphatic hydroxyl groups is 1. The van der Waals surface area contributed by atoms with Crippen LogP contribution >= 0.6 is 0 Å². The molecule has 1 aromatic rings. The first-order valence-electron chi connectivity index (χ1n) is 5.69. The third kappa shape index (κ3) is 4.31. The van der Waals surface area contributed by atoms with E-state index in [1.165, 1.54) is 5.56 Å². The SMILES string of the molecule is CNCC(O)c1ccc(CCN(C)C)cc1. The standard InChI is InChI=1S/C13H22N2O/c1-14-10-13(16)12-6-4-11(5-7-12)8-9-15(2)3/h4-7,13-14,16H,8-10H2,1-3H3. The van der Waals surface area contributed by atoms with Crippen molar-refractivity contribution >= 4 is 0 Å². The fourth-order valence-corrected chi connectivity index (χ4v) is 1.57. The molecule has 0 aliphatic carbocycles. The molecule has 1 rings (SSSR count). The number of aliphatic hydroxyl groups excluding tert-OH is 1. The lowest BCUT2D eigenvalue weighted by Gasteiger charge is -2.12. The number of rotatable bonds is 6. The molecule has 0 bridgehead atoms. The lowest BCUT2D eigenvalue weighted by atomic mass is 10.1. The molecule has 3 heteroatoms. The van der Waals surface area contributed by atoms with Gasteiger partial charge in [-0.1, -0.05) is 24.3 Å². The average molecular weight is 222 g/mol. The summed E-state index contributed by atoms with van der Waals surface area (Å²) in [5.41, 5.74) is 2.29. The summed E-state index contributed by atoms with van der Waals surface area (Å²) in [6.07, 6.45) is 0.642. The van der Waals surface area contributed by atoms with Crippen molar-refractivity contribution in [1.29, 1.82) is 0 Å². The summed E-state index contributed by atoms with van der Waals surface area (Å²) in [7, 11) is 5.99. The van der Waals surface area contributed by atoms with Crippen LogP contribution in [0.1, 0.15) is 17.2 Å². The topological polar surface area (TPSA) is 35.5 Å². The van der Waals surface area contributed by atoms with Gasteiger partial charge < -0.3 is 15.3 Å². The number of nitrogens with one attached hydrogen (secondary N) is 1. The second-order valence-electron chi connectivity index (χ2n) is 4.37. The lowest BCUT2D eigenvalue weighted by Crippen LogP contribution is -2.17. The van der Waals surface area contributed by atoms with Gasteiger partial charge >= 0.3 is 0 Å². The van der Waals surface area contributed by atoms with Crippen LogP contribution in [0.2, 0.25) is 0 Å². The summed E-state index contributed by atoms with van der Waals surface area (Å²) in [5.74, 6) is 0. The van der Waals surface area contributed by atoms with E-state index in [4.69, 9.17) is 0 Å². The third-order valence-corrected chi connectivity index (χ3v) is 2.61. The summed E-state index contributed by atoms with van der Waals surface area (Å²) in [4.78, 5) is 2.17. The minimum atomic E-state index is -0.409. The average Bonchev–Trinajstić information content (AvgIpc) is 2.27. The molecule has 1 atom stereocenters. The molecular formula is C13H22N2O. The van der Waals surface area contributed by atoms with Gasteiger partial charge in [-0.05, 0) is 38.7 Å². The van der Waals surface area contributed by atoms with Crippen LogP contribution in [0.5, 0.6) is 0 Å². The van der Waals surface area contributed by atoms with Crippen LogP contribution in [0.25, 0.3) is 0 Å². The Hall–Kier alpha value is -0.900. The number of hydrogen-bond donors (Lipinski definition) is 2. The molecule has 0 radical (unpaired) electrons. The zero-order valence-corrected chi connectivity index (χ0v) is 10.4. The van der Waals surface area contributed by atoms with Gasteiger partial charge in [-0.25, -0.2) is 0 Å². The highest BCUT2D eigenvalue weighted by molar-refractivity contribution is 5.24. The molecule has 0 aliphatic rings. The van der Waals surface area contributed by atoms with Crippen LogP contribution in [0, 0.1) is 0 Å². The van der Waals surface area contributed by atoms with Crippen molar-refractivity contribution in [3.05, 3.63) is 35.4 Å². The molecule has 2 N–H and O–H groups in total. The van der Waals surface area contributed by atoms with Gasteiger partial charge in [-0.3, -0.25) is 0 Å². The van der Waals surface area contributed by atoms with Crippen LogP contribution in [0.3, 0.4) is 0 Å². The smallest absolute Gasteiger partial charge is 0.0914 e. The van der Waals surface area contributed by atoms with Gasteiger partial charge in [0.2, 0.25) is 0 Å². The van der Waals surface area contributed by atoms with Gasteiger partial charge in [0.05, 0.1) is 6.10 Å². The first-order chi connectivity index (χ1) is 7.63. The van der Waals surface area contributed by atoms with E-state index in [0.717, 1.165) is 18.5 Å². The van der Waals surface area contributed by atoms with Gasteiger partial charge in [0.25, 0.3) is 0 Å². The maximum atomic E-state index is 9.76. The van der Waals surface area contributed by atoms with Crippen LogP contribution in [-0.2, 0) is 6.42 Å². The van der Waals surface area contributed by atoms with Crippen molar-refractivity contribution in [1.82, 2.24) is 10.2 Å². The Labute approximate surface area is 98.1 Å². The highest BCUT2D eigenvalue weighted by Crippen LogP contribution is 2.13. The molecule has 3 nitrogen and oxygen atoms in total. The number of nitrogens with zero attached hydrogens (tertiary/aromatic N) is 1. The van der Waals surface area contributed by atoms with Crippen LogP contribution in [0.15, 0.2) is 24.3 Å². The molecule has 16 heavy (non-hydrogen) atoms. The second-order valence-corrected chi connectivity index (χ2v) is 4.37. The van der Waals surface area contributed by atoms with Crippen molar-refractivity contribution in [3.63, 3.8) is 0 Å². The van der Waals surface area contributed by atoms with Gasteiger partial charge in [0, 0.05) is 13.1 Å². The van der Waals surface area contributed by atoms with Crippen molar-refractivity contribution < 1.29 is 5.11 Å². The maximum Gasteiger partial charge on any atom is 0.0914 e. The predicted molar refractivity (Wildman–Crippen MR) is 67.6 cm³/mol. The largest absolute Gasteiger partial charge is 0.387 e. The summed E-state index contributed by atoms with van der Waals surface area (Å²) >= 11 is 0. The molecule has 0 heterocycles. The summed E-state index contributed by atoms with van der Waals surface area (Å²) in [5, 5.41) is 12.7. The van der Waals surface area contributed by atoms with E-state index < -0.39 is 6.10 Å². The lowest BCUT2D eigenvalue weighted by molar-refractivity contribution is 0.178. The summed E-state index contributed by atoms with van der Waals surface area (Å²) in [6, 6.07) is 8.20. The monoisotopic (exact) mass is 222 g/mol. The van der Waals surface area contributed by atoms with Crippen molar-refractivity contribution in [2.75, 3.05) is 34.2 Å². The van der Waals surface area contributed by atoms with Crippen LogP contribution in [0.4, 0.5) is 0 Å². The first kappa shape index (κ1) is 13.2. The second kappa shape index (κ2) is 6.63. The van der Waals surface area contributed by atoms with Crippen molar-refractivity contribution in [2.45, 2.75) is 12.5 Å². The van der Waals surface area contributed by atoms with Crippen molar-refractivity contribution in [3.8, 4) is 0 Å². The summed E-state index contributed by atoms with van der Waals surface area (Å²) < 4.78 is 0. The van der Waals surface area contributed by atoms with Gasteiger partial charge in [0.1, 0.15) is 0 Å². The van der Waals surface area contributed by atoms with E-state index in [9.17, 15) is 5.11 Å². The van der Waals surface area contributed by atoms with E-state index in [0.29, 0.717) is 6.54 Å². The molecule has 0 fully saturated rings. The predicted octanol–water partition coefficient (Wildman–Crippen LogP) is 1.04. The highest BCUT2D eigenvalue weighted by atomic mass is 16.3. The Morgan fingerprint density at radius 1 is 1.25 bits per heavy atom. The first-order valence-corrected chi connectivity index (χ1v) is 5.69. The molecule has 1 aromatic carbocycles. The summed E-state index contributed by atoms with van der Waals surface area (Å²) in [6.45, 7) is 1.65. The van der Waals surface area contributed by atoms with E-state index in [-0.39, 0.29) is 0 Å². The van der Waals surface area contributed by atoms with E-state index >= 15 is 0 Å². The Bertz CT molecular complexity index is 295. The molecule has 90 valence electrons. The molecule has 0 saturated carbocycles. The zero-order valence-electron chi connectivity index (χ0n) is 10.4. The van der Waals surface area contributed by atoms with Crippen LogP contribution in [-0.4, -0.2) is 44.2 Å². The Balaban J connectivity index is 2.53. The minimum Gasteiger partial charge on any atom is -0.387 e. The highest BCUT2D eigenvalue weighted by Gasteiger charge is 2.05. The maximum absolute atomic E-state index is 9.76. The van der Waals surface area contributed by atoms with E-state index in [1.807, 2.05) is 19.2 Å². The molecule has 1 unspecified atom stereocenters. The number of hydrogen-bond acceptors (Lipinski definition) is 3. The Morgan fingerprint density at radius 3 is 2.38 bits per heavy atom.